The highest BCUT2D eigenvalue weighted by molar-refractivity contribution is 7.80. The third-order valence-electron chi connectivity index (χ3n) is 3.88. The van der Waals surface area contributed by atoms with Gasteiger partial charge in [0.15, 0.2) is 0 Å². The monoisotopic (exact) mass is 298 g/mol. The molecule has 1 unspecified atom stereocenters. The van der Waals surface area contributed by atoms with Crippen molar-refractivity contribution in [1.82, 2.24) is 4.98 Å². The number of aromatic nitrogens is 1. The number of hydrogen-bond acceptors (Lipinski definition) is 3. The first-order valence-corrected chi connectivity index (χ1v) is 7.59. The molecule has 3 nitrogen and oxygen atoms in total. The summed E-state index contributed by atoms with van der Waals surface area (Å²) in [6.07, 6.45) is 5.21. The second-order valence-electron chi connectivity index (χ2n) is 5.27. The van der Waals surface area contributed by atoms with Crippen molar-refractivity contribution in [1.29, 1.82) is 0 Å². The molecule has 2 aromatic rings. The average molecular weight is 298 g/mol. The molecule has 0 fully saturated rings. The first-order chi connectivity index (χ1) is 10.3. The van der Waals surface area contributed by atoms with E-state index in [4.69, 9.17) is 22.7 Å². The van der Waals surface area contributed by atoms with Crippen molar-refractivity contribution in [3.8, 4) is 0 Å². The van der Waals surface area contributed by atoms with Crippen LogP contribution in [0.3, 0.4) is 0 Å². The summed E-state index contributed by atoms with van der Waals surface area (Å²) in [5.74, 6) is 0. The van der Waals surface area contributed by atoms with E-state index in [9.17, 15) is 0 Å². The topological polar surface area (TPSA) is 48.1 Å². The summed E-state index contributed by atoms with van der Waals surface area (Å²) < 4.78 is 6.13. The maximum atomic E-state index is 6.13. The number of rotatable bonds is 4. The number of nitrogens with zero attached hydrogens (tertiary/aromatic N) is 1. The van der Waals surface area contributed by atoms with E-state index in [1.165, 1.54) is 11.1 Å². The van der Waals surface area contributed by atoms with E-state index in [1.807, 2.05) is 12.1 Å². The molecule has 1 aromatic heterocycles. The largest absolute Gasteiger partial charge is 0.388 e. The third kappa shape index (κ3) is 3.12. The molecule has 1 aliphatic carbocycles. The van der Waals surface area contributed by atoms with Crippen LogP contribution in [0.25, 0.3) is 0 Å². The molecule has 2 N–H and O–H groups in total. The number of aryl methyl sites for hydroxylation is 1. The first kappa shape index (κ1) is 14.2. The van der Waals surface area contributed by atoms with Gasteiger partial charge in [-0.1, -0.05) is 42.5 Å². The van der Waals surface area contributed by atoms with Gasteiger partial charge in [0.2, 0.25) is 0 Å². The quantitative estimate of drug-likeness (QED) is 0.880. The van der Waals surface area contributed by atoms with Gasteiger partial charge in [-0.05, 0) is 36.5 Å². The molecule has 0 radical (unpaired) electrons. The van der Waals surface area contributed by atoms with E-state index < -0.39 is 0 Å². The molecule has 1 aromatic carbocycles. The molecule has 21 heavy (non-hydrogen) atoms. The fraction of sp³-hybridized carbons (Fsp3) is 0.294. The number of ether oxygens (including phenoxy) is 1. The van der Waals surface area contributed by atoms with Crippen LogP contribution in [0.5, 0.6) is 0 Å². The van der Waals surface area contributed by atoms with Crippen molar-refractivity contribution in [3.05, 3.63) is 65.0 Å². The Morgan fingerprint density at radius 1 is 1.29 bits per heavy atom. The molecule has 108 valence electrons. The average Bonchev–Trinajstić information content (AvgIpc) is 2.53. The van der Waals surface area contributed by atoms with Crippen molar-refractivity contribution in [2.45, 2.75) is 32.0 Å². The lowest BCUT2D eigenvalue weighted by Crippen LogP contribution is -2.17. The number of thiocarbonyl (C=S) groups is 1. The Morgan fingerprint density at radius 2 is 2.14 bits per heavy atom. The Labute approximate surface area is 130 Å². The number of fused-ring (bicyclic) bond motifs is 1. The van der Waals surface area contributed by atoms with Crippen LogP contribution in [0.1, 0.15) is 41.3 Å². The van der Waals surface area contributed by atoms with Crippen molar-refractivity contribution < 1.29 is 4.74 Å². The van der Waals surface area contributed by atoms with E-state index in [2.05, 4.69) is 29.2 Å². The molecule has 4 heteroatoms. The SMILES string of the molecule is NC(=S)c1ncccc1COC1CCCc2ccccc21. The van der Waals surface area contributed by atoms with Crippen LogP contribution >= 0.6 is 12.2 Å². The summed E-state index contributed by atoms with van der Waals surface area (Å²) in [6, 6.07) is 12.4. The van der Waals surface area contributed by atoms with Crippen molar-refractivity contribution in [3.63, 3.8) is 0 Å². The van der Waals surface area contributed by atoms with Gasteiger partial charge in [-0.3, -0.25) is 4.98 Å². The Morgan fingerprint density at radius 3 is 3.00 bits per heavy atom. The molecular formula is C17H18N2OS. The summed E-state index contributed by atoms with van der Waals surface area (Å²) in [5.41, 5.74) is 10.0. The van der Waals surface area contributed by atoms with E-state index in [1.54, 1.807) is 6.20 Å². The van der Waals surface area contributed by atoms with Crippen LogP contribution in [0.4, 0.5) is 0 Å². The first-order valence-electron chi connectivity index (χ1n) is 7.19. The second kappa shape index (κ2) is 6.33. The standard InChI is InChI=1S/C17H18N2OS/c18-17(21)16-13(7-4-10-19-16)11-20-15-9-3-6-12-5-1-2-8-14(12)15/h1-2,4-5,7-8,10,15H,3,6,9,11H2,(H2,18,21). The number of benzene rings is 1. The lowest BCUT2D eigenvalue weighted by atomic mass is 9.89. The Balaban J connectivity index is 1.76. The fourth-order valence-corrected chi connectivity index (χ4v) is 3.03. The molecule has 1 heterocycles. The molecule has 1 atom stereocenters. The maximum Gasteiger partial charge on any atom is 0.123 e. The summed E-state index contributed by atoms with van der Waals surface area (Å²) in [5, 5.41) is 0. The minimum atomic E-state index is 0.148. The lowest BCUT2D eigenvalue weighted by molar-refractivity contribution is 0.0281. The molecule has 0 saturated carbocycles. The second-order valence-corrected chi connectivity index (χ2v) is 5.71. The molecule has 0 spiro atoms. The van der Waals surface area contributed by atoms with Crippen LogP contribution < -0.4 is 5.73 Å². The molecule has 0 amide bonds. The minimum Gasteiger partial charge on any atom is -0.388 e. The zero-order valence-corrected chi connectivity index (χ0v) is 12.6. The van der Waals surface area contributed by atoms with Gasteiger partial charge in [0.1, 0.15) is 10.7 Å². The number of pyridine rings is 1. The summed E-state index contributed by atoms with van der Waals surface area (Å²) in [4.78, 5) is 4.56. The normalized spacial score (nSPS) is 17.2. The Hall–Kier alpha value is -1.78. The van der Waals surface area contributed by atoms with E-state index in [-0.39, 0.29) is 6.10 Å². The summed E-state index contributed by atoms with van der Waals surface area (Å²) in [6.45, 7) is 0.486. The van der Waals surface area contributed by atoms with Crippen LogP contribution in [-0.4, -0.2) is 9.97 Å². The van der Waals surface area contributed by atoms with Crippen LogP contribution in [-0.2, 0) is 17.8 Å². The molecule has 1 aliphatic rings. The molecule has 0 saturated heterocycles. The Kier molecular flexibility index (Phi) is 4.27. The zero-order chi connectivity index (χ0) is 14.7. The maximum absolute atomic E-state index is 6.13. The minimum absolute atomic E-state index is 0.148. The third-order valence-corrected chi connectivity index (χ3v) is 4.07. The molecule has 0 bridgehead atoms. The number of hydrogen-bond donors (Lipinski definition) is 1. The summed E-state index contributed by atoms with van der Waals surface area (Å²) >= 11 is 5.04. The molecule has 0 aliphatic heterocycles. The van der Waals surface area contributed by atoms with Gasteiger partial charge in [-0.15, -0.1) is 0 Å². The Bertz CT molecular complexity index is 657. The van der Waals surface area contributed by atoms with Crippen molar-refractivity contribution in [2.75, 3.05) is 0 Å². The predicted octanol–water partition coefficient (Wildman–Crippen LogP) is 3.31. The predicted molar refractivity (Wildman–Crippen MR) is 87.0 cm³/mol. The van der Waals surface area contributed by atoms with Gasteiger partial charge >= 0.3 is 0 Å². The van der Waals surface area contributed by atoms with Gasteiger partial charge in [-0.25, -0.2) is 0 Å². The van der Waals surface area contributed by atoms with E-state index >= 15 is 0 Å². The number of nitrogens with two attached hydrogens (primary N) is 1. The highest BCUT2D eigenvalue weighted by Crippen LogP contribution is 2.33. The van der Waals surface area contributed by atoms with Crippen molar-refractivity contribution >= 4 is 17.2 Å². The lowest BCUT2D eigenvalue weighted by Gasteiger charge is -2.26. The van der Waals surface area contributed by atoms with E-state index in [0.717, 1.165) is 24.8 Å². The highest BCUT2D eigenvalue weighted by atomic mass is 32.1. The van der Waals surface area contributed by atoms with Gasteiger partial charge in [0.25, 0.3) is 0 Å². The van der Waals surface area contributed by atoms with Gasteiger partial charge in [-0.2, -0.15) is 0 Å². The smallest absolute Gasteiger partial charge is 0.123 e. The molecular weight excluding hydrogens is 280 g/mol. The van der Waals surface area contributed by atoms with Crippen LogP contribution in [0.2, 0.25) is 0 Å². The van der Waals surface area contributed by atoms with Crippen LogP contribution in [0.15, 0.2) is 42.6 Å². The fourth-order valence-electron chi connectivity index (χ4n) is 2.85. The molecule has 3 rings (SSSR count). The highest BCUT2D eigenvalue weighted by Gasteiger charge is 2.20. The van der Waals surface area contributed by atoms with E-state index in [0.29, 0.717) is 17.3 Å². The summed E-state index contributed by atoms with van der Waals surface area (Å²) in [7, 11) is 0. The van der Waals surface area contributed by atoms with Crippen molar-refractivity contribution in [2.24, 2.45) is 5.73 Å². The van der Waals surface area contributed by atoms with Gasteiger partial charge in [0, 0.05) is 11.8 Å². The van der Waals surface area contributed by atoms with Gasteiger partial charge < -0.3 is 10.5 Å². The zero-order valence-electron chi connectivity index (χ0n) is 11.8. The van der Waals surface area contributed by atoms with Gasteiger partial charge in [0.05, 0.1) is 12.7 Å². The van der Waals surface area contributed by atoms with Crippen LogP contribution in [0, 0.1) is 0 Å².